The van der Waals surface area contributed by atoms with E-state index in [1.54, 1.807) is 26.0 Å². The van der Waals surface area contributed by atoms with E-state index >= 15 is 0 Å². The summed E-state index contributed by atoms with van der Waals surface area (Å²) in [7, 11) is 0. The predicted octanol–water partition coefficient (Wildman–Crippen LogP) is 4.56. The van der Waals surface area contributed by atoms with Gasteiger partial charge < -0.3 is 14.4 Å². The Hall–Kier alpha value is -2.70. The zero-order valence-corrected chi connectivity index (χ0v) is 19.1. The highest BCUT2D eigenvalue weighted by Crippen LogP contribution is 2.25. The van der Waals surface area contributed by atoms with Crippen LogP contribution < -0.4 is 9.64 Å². The molecular formula is C24H34N4O3. The molecule has 0 bridgehead atoms. The summed E-state index contributed by atoms with van der Waals surface area (Å²) in [4.78, 5) is 27.6. The quantitative estimate of drug-likeness (QED) is 0.430. The predicted molar refractivity (Wildman–Crippen MR) is 121 cm³/mol. The Kier molecular flexibility index (Phi) is 8.20. The number of piperidine rings is 1. The number of anilines is 1. The molecule has 3 rings (SSSR count). The molecule has 0 spiro atoms. The molecule has 0 saturated carbocycles. The van der Waals surface area contributed by atoms with Crippen molar-refractivity contribution >= 4 is 11.9 Å². The van der Waals surface area contributed by atoms with Crippen molar-refractivity contribution in [3.63, 3.8) is 0 Å². The van der Waals surface area contributed by atoms with Gasteiger partial charge in [-0.25, -0.2) is 19.7 Å². The highest BCUT2D eigenvalue weighted by molar-refractivity contribution is 5.90. The molecule has 31 heavy (non-hydrogen) atoms. The average Bonchev–Trinajstić information content (AvgIpc) is 2.77. The first-order valence-corrected chi connectivity index (χ1v) is 11.3. The zero-order valence-electron chi connectivity index (χ0n) is 19.1. The standard InChI is InChI=1S/C24H34N4O3/c1-5-30-23(29)21-8-9-22(27-18(21)4)31-14-6-7-19-10-12-28(13-11-19)24-25-15-20(16-26-24)17(2)3/h8-9,15-17,19H,5-7,10-14H2,1-4H3. The van der Waals surface area contributed by atoms with E-state index in [1.807, 2.05) is 12.4 Å². The van der Waals surface area contributed by atoms with Crippen LogP contribution in [-0.4, -0.2) is 47.2 Å². The fourth-order valence-electron chi connectivity index (χ4n) is 3.81. The molecule has 0 aliphatic carbocycles. The van der Waals surface area contributed by atoms with Gasteiger partial charge in [-0.3, -0.25) is 0 Å². The Morgan fingerprint density at radius 2 is 1.90 bits per heavy atom. The van der Waals surface area contributed by atoms with Gasteiger partial charge in [-0.15, -0.1) is 0 Å². The second-order valence-corrected chi connectivity index (χ2v) is 8.40. The number of esters is 1. The minimum atomic E-state index is -0.341. The summed E-state index contributed by atoms with van der Waals surface area (Å²) in [5.74, 6) is 2.22. The lowest BCUT2D eigenvalue weighted by atomic mass is 9.92. The third-order valence-corrected chi connectivity index (χ3v) is 5.78. The van der Waals surface area contributed by atoms with Crippen molar-refractivity contribution in [2.75, 3.05) is 31.2 Å². The molecule has 0 radical (unpaired) electrons. The molecule has 1 aliphatic rings. The number of aromatic nitrogens is 3. The Morgan fingerprint density at radius 1 is 1.19 bits per heavy atom. The van der Waals surface area contributed by atoms with E-state index in [9.17, 15) is 4.79 Å². The monoisotopic (exact) mass is 426 g/mol. The number of rotatable bonds is 9. The average molecular weight is 427 g/mol. The molecule has 0 N–H and O–H groups in total. The van der Waals surface area contributed by atoms with Crippen LogP contribution in [0.4, 0.5) is 5.95 Å². The molecule has 2 aromatic rings. The Morgan fingerprint density at radius 3 is 2.52 bits per heavy atom. The van der Waals surface area contributed by atoms with Gasteiger partial charge in [-0.05, 0) is 63.0 Å². The van der Waals surface area contributed by atoms with Crippen molar-refractivity contribution in [2.45, 2.75) is 59.3 Å². The number of carbonyl (C=O) groups excluding carboxylic acids is 1. The van der Waals surface area contributed by atoms with Gasteiger partial charge in [0.2, 0.25) is 11.8 Å². The largest absolute Gasteiger partial charge is 0.478 e. The van der Waals surface area contributed by atoms with E-state index in [0.717, 1.165) is 44.7 Å². The molecule has 7 nitrogen and oxygen atoms in total. The summed E-state index contributed by atoms with van der Waals surface area (Å²) < 4.78 is 10.8. The summed E-state index contributed by atoms with van der Waals surface area (Å²) in [6.07, 6.45) is 8.34. The van der Waals surface area contributed by atoms with E-state index < -0.39 is 0 Å². The van der Waals surface area contributed by atoms with Gasteiger partial charge in [0, 0.05) is 31.5 Å². The van der Waals surface area contributed by atoms with Crippen LogP contribution in [0.1, 0.15) is 74.0 Å². The number of pyridine rings is 1. The van der Waals surface area contributed by atoms with E-state index in [4.69, 9.17) is 9.47 Å². The van der Waals surface area contributed by atoms with Gasteiger partial charge in [0.25, 0.3) is 0 Å². The van der Waals surface area contributed by atoms with Gasteiger partial charge in [0.15, 0.2) is 0 Å². The molecular weight excluding hydrogens is 392 g/mol. The highest BCUT2D eigenvalue weighted by atomic mass is 16.5. The SMILES string of the molecule is CCOC(=O)c1ccc(OCCCC2CCN(c3ncc(C(C)C)cn3)CC2)nc1C. The first-order valence-electron chi connectivity index (χ1n) is 11.3. The number of carbonyl (C=O) groups is 1. The van der Waals surface area contributed by atoms with Gasteiger partial charge in [0.1, 0.15) is 0 Å². The van der Waals surface area contributed by atoms with E-state index in [-0.39, 0.29) is 5.97 Å². The molecule has 0 unspecified atom stereocenters. The van der Waals surface area contributed by atoms with E-state index in [2.05, 4.69) is 33.7 Å². The first-order chi connectivity index (χ1) is 15.0. The van der Waals surface area contributed by atoms with Crippen LogP contribution in [0.2, 0.25) is 0 Å². The molecule has 2 aromatic heterocycles. The Balaban J connectivity index is 1.37. The fraction of sp³-hybridized carbons (Fsp3) is 0.583. The second-order valence-electron chi connectivity index (χ2n) is 8.40. The van der Waals surface area contributed by atoms with Crippen molar-refractivity contribution in [1.82, 2.24) is 15.0 Å². The molecule has 1 saturated heterocycles. The normalized spacial score (nSPS) is 14.7. The fourth-order valence-corrected chi connectivity index (χ4v) is 3.81. The molecule has 0 aromatic carbocycles. The van der Waals surface area contributed by atoms with Gasteiger partial charge in [-0.1, -0.05) is 13.8 Å². The maximum absolute atomic E-state index is 11.9. The van der Waals surface area contributed by atoms with Gasteiger partial charge in [-0.2, -0.15) is 0 Å². The molecule has 1 aliphatic heterocycles. The van der Waals surface area contributed by atoms with Crippen molar-refractivity contribution in [3.8, 4) is 5.88 Å². The van der Waals surface area contributed by atoms with Crippen molar-refractivity contribution in [1.29, 1.82) is 0 Å². The summed E-state index contributed by atoms with van der Waals surface area (Å²) in [5.41, 5.74) is 2.30. The second kappa shape index (κ2) is 11.1. The van der Waals surface area contributed by atoms with Gasteiger partial charge in [0.05, 0.1) is 24.5 Å². The summed E-state index contributed by atoms with van der Waals surface area (Å²) >= 11 is 0. The summed E-state index contributed by atoms with van der Waals surface area (Å²) in [5, 5.41) is 0. The zero-order chi connectivity index (χ0) is 22.2. The van der Waals surface area contributed by atoms with E-state index in [1.165, 1.54) is 5.56 Å². The summed E-state index contributed by atoms with van der Waals surface area (Å²) in [6, 6.07) is 3.46. The highest BCUT2D eigenvalue weighted by Gasteiger charge is 2.21. The number of ether oxygens (including phenoxy) is 2. The molecule has 0 atom stereocenters. The minimum absolute atomic E-state index is 0.341. The lowest BCUT2D eigenvalue weighted by molar-refractivity contribution is 0.0525. The van der Waals surface area contributed by atoms with E-state index in [0.29, 0.717) is 42.2 Å². The maximum atomic E-state index is 11.9. The minimum Gasteiger partial charge on any atom is -0.478 e. The van der Waals surface area contributed by atoms with Crippen molar-refractivity contribution < 1.29 is 14.3 Å². The number of nitrogens with zero attached hydrogens (tertiary/aromatic N) is 4. The van der Waals surface area contributed by atoms with Crippen molar-refractivity contribution in [2.24, 2.45) is 5.92 Å². The van der Waals surface area contributed by atoms with Crippen LogP contribution in [0.25, 0.3) is 0 Å². The van der Waals surface area contributed by atoms with Crippen LogP contribution in [0.5, 0.6) is 5.88 Å². The van der Waals surface area contributed by atoms with Crippen molar-refractivity contribution in [3.05, 3.63) is 41.3 Å². The smallest absolute Gasteiger partial charge is 0.339 e. The molecule has 7 heteroatoms. The lowest BCUT2D eigenvalue weighted by Gasteiger charge is -2.32. The number of hydrogen-bond acceptors (Lipinski definition) is 7. The van der Waals surface area contributed by atoms with Crippen LogP contribution in [-0.2, 0) is 4.74 Å². The first kappa shape index (κ1) is 23.0. The Bertz CT molecular complexity index is 846. The van der Waals surface area contributed by atoms with Crippen LogP contribution >= 0.6 is 0 Å². The Labute approximate surface area is 185 Å². The molecule has 168 valence electrons. The molecule has 3 heterocycles. The maximum Gasteiger partial charge on any atom is 0.339 e. The third-order valence-electron chi connectivity index (χ3n) is 5.78. The summed E-state index contributed by atoms with van der Waals surface area (Å²) in [6.45, 7) is 10.9. The molecule has 1 fully saturated rings. The number of hydrogen-bond donors (Lipinski definition) is 0. The molecule has 0 amide bonds. The lowest BCUT2D eigenvalue weighted by Crippen LogP contribution is -2.35. The van der Waals surface area contributed by atoms with Gasteiger partial charge >= 0.3 is 5.97 Å². The third kappa shape index (κ3) is 6.39. The van der Waals surface area contributed by atoms with Crippen LogP contribution in [0.15, 0.2) is 24.5 Å². The van der Waals surface area contributed by atoms with Crippen LogP contribution in [0.3, 0.4) is 0 Å². The number of aryl methyl sites for hydroxylation is 1. The topological polar surface area (TPSA) is 77.4 Å². The van der Waals surface area contributed by atoms with Crippen LogP contribution in [0, 0.1) is 12.8 Å².